The average molecular weight is 383 g/mol. The molecule has 0 radical (unpaired) electrons. The second kappa shape index (κ2) is 7.45. The first-order valence-corrected chi connectivity index (χ1v) is 9.11. The van der Waals surface area contributed by atoms with E-state index in [-0.39, 0.29) is 11.4 Å². The zero-order valence-corrected chi connectivity index (χ0v) is 16.6. The van der Waals surface area contributed by atoms with Crippen molar-refractivity contribution in [3.8, 4) is 5.69 Å². The molecule has 1 heterocycles. The van der Waals surface area contributed by atoms with Crippen molar-refractivity contribution in [2.24, 2.45) is 0 Å². The van der Waals surface area contributed by atoms with Gasteiger partial charge in [-0.2, -0.15) is 5.10 Å². The van der Waals surface area contributed by atoms with Gasteiger partial charge in [0.2, 0.25) is 0 Å². The molecule has 2 aromatic carbocycles. The summed E-state index contributed by atoms with van der Waals surface area (Å²) in [6.07, 6.45) is 0. The fourth-order valence-corrected chi connectivity index (χ4v) is 2.75. The molecule has 3 rings (SSSR count). The van der Waals surface area contributed by atoms with Gasteiger partial charge in [0.25, 0.3) is 0 Å². The predicted octanol–water partition coefficient (Wildman–Crippen LogP) is 5.78. The largest absolute Gasteiger partial charge is 0.324 e. The van der Waals surface area contributed by atoms with Crippen LogP contribution in [-0.4, -0.2) is 15.8 Å². The van der Waals surface area contributed by atoms with Crippen LogP contribution in [0.15, 0.2) is 54.6 Å². The van der Waals surface area contributed by atoms with E-state index in [1.807, 2.05) is 37.3 Å². The lowest BCUT2D eigenvalue weighted by atomic mass is 9.92. The van der Waals surface area contributed by atoms with Crippen molar-refractivity contribution in [2.75, 3.05) is 10.6 Å². The molecule has 1 aromatic heterocycles. The van der Waals surface area contributed by atoms with Gasteiger partial charge in [0, 0.05) is 22.2 Å². The number of aromatic nitrogens is 2. The van der Waals surface area contributed by atoms with Crippen molar-refractivity contribution >= 4 is 29.1 Å². The Morgan fingerprint density at radius 3 is 2.37 bits per heavy atom. The first kappa shape index (κ1) is 19.0. The summed E-state index contributed by atoms with van der Waals surface area (Å²) in [5, 5.41) is 11.0. The van der Waals surface area contributed by atoms with Gasteiger partial charge >= 0.3 is 6.03 Å². The summed E-state index contributed by atoms with van der Waals surface area (Å²) in [7, 11) is 0. The van der Waals surface area contributed by atoms with Gasteiger partial charge in [-0.3, -0.25) is 5.32 Å². The fraction of sp³-hybridized carbons (Fsp3) is 0.238. The van der Waals surface area contributed by atoms with Gasteiger partial charge < -0.3 is 5.32 Å². The lowest BCUT2D eigenvalue weighted by Gasteiger charge is -2.14. The lowest BCUT2D eigenvalue weighted by molar-refractivity contribution is 0.262. The molecule has 140 valence electrons. The van der Waals surface area contributed by atoms with Crippen molar-refractivity contribution in [3.05, 3.63) is 70.9 Å². The van der Waals surface area contributed by atoms with E-state index in [4.69, 9.17) is 16.7 Å². The summed E-state index contributed by atoms with van der Waals surface area (Å²) >= 11 is 5.97. The van der Waals surface area contributed by atoms with E-state index in [1.54, 1.807) is 28.9 Å². The van der Waals surface area contributed by atoms with Gasteiger partial charge in [-0.15, -0.1) is 0 Å². The zero-order chi connectivity index (χ0) is 19.6. The van der Waals surface area contributed by atoms with Crippen LogP contribution < -0.4 is 10.6 Å². The molecular formula is C21H23ClN4O. The van der Waals surface area contributed by atoms with E-state index in [0.29, 0.717) is 16.5 Å². The molecule has 2 amide bonds. The van der Waals surface area contributed by atoms with Crippen molar-refractivity contribution in [1.82, 2.24) is 9.78 Å². The topological polar surface area (TPSA) is 59.0 Å². The number of benzene rings is 2. The van der Waals surface area contributed by atoms with Gasteiger partial charge in [0.1, 0.15) is 5.82 Å². The number of hydrogen-bond donors (Lipinski definition) is 2. The van der Waals surface area contributed by atoms with Crippen molar-refractivity contribution < 1.29 is 4.79 Å². The number of hydrogen-bond acceptors (Lipinski definition) is 2. The van der Waals surface area contributed by atoms with E-state index in [0.717, 1.165) is 16.9 Å². The Morgan fingerprint density at radius 1 is 1.04 bits per heavy atom. The summed E-state index contributed by atoms with van der Waals surface area (Å²) in [4.78, 5) is 12.5. The Labute approximate surface area is 164 Å². The summed E-state index contributed by atoms with van der Waals surface area (Å²) in [5.74, 6) is 0.600. The number of urea groups is 1. The van der Waals surface area contributed by atoms with Gasteiger partial charge in [0.05, 0.1) is 11.4 Å². The summed E-state index contributed by atoms with van der Waals surface area (Å²) < 4.78 is 1.75. The smallest absolute Gasteiger partial charge is 0.308 e. The molecule has 27 heavy (non-hydrogen) atoms. The number of carbonyl (C=O) groups excluding carboxylic acids is 1. The van der Waals surface area contributed by atoms with Crippen LogP contribution in [-0.2, 0) is 5.41 Å². The first-order chi connectivity index (χ1) is 12.7. The highest BCUT2D eigenvalue weighted by atomic mass is 35.5. The molecule has 0 unspecified atom stereocenters. The molecule has 0 atom stereocenters. The number of carbonyl (C=O) groups is 1. The summed E-state index contributed by atoms with van der Waals surface area (Å²) in [6, 6.07) is 16.6. The Bertz CT molecular complexity index is 955. The van der Waals surface area contributed by atoms with E-state index >= 15 is 0 Å². The molecule has 0 aliphatic heterocycles. The molecule has 0 aliphatic carbocycles. The van der Waals surface area contributed by atoms with Crippen molar-refractivity contribution in [3.63, 3.8) is 0 Å². The van der Waals surface area contributed by atoms with Gasteiger partial charge in [-0.25, -0.2) is 9.48 Å². The molecular weight excluding hydrogens is 360 g/mol. The third kappa shape index (κ3) is 4.68. The van der Waals surface area contributed by atoms with E-state index in [1.165, 1.54) is 0 Å². The summed E-state index contributed by atoms with van der Waals surface area (Å²) in [6.45, 7) is 8.30. The summed E-state index contributed by atoms with van der Waals surface area (Å²) in [5.41, 5.74) is 3.42. The van der Waals surface area contributed by atoms with Crippen molar-refractivity contribution in [2.45, 2.75) is 33.1 Å². The predicted molar refractivity (Wildman–Crippen MR) is 111 cm³/mol. The van der Waals surface area contributed by atoms with Crippen LogP contribution in [0.4, 0.5) is 16.3 Å². The minimum absolute atomic E-state index is 0.143. The first-order valence-electron chi connectivity index (χ1n) is 8.73. The molecule has 0 fully saturated rings. The second-order valence-corrected chi connectivity index (χ2v) is 7.94. The van der Waals surface area contributed by atoms with Crippen LogP contribution in [0.5, 0.6) is 0 Å². The molecule has 0 saturated heterocycles. The number of nitrogens with zero attached hydrogens (tertiary/aromatic N) is 2. The number of nitrogens with one attached hydrogen (secondary N) is 2. The minimum atomic E-state index is -0.356. The normalized spacial score (nSPS) is 11.3. The number of aryl methyl sites for hydroxylation is 1. The Balaban J connectivity index is 1.90. The number of rotatable bonds is 3. The molecule has 0 saturated carbocycles. The average Bonchev–Trinajstić information content (AvgIpc) is 2.99. The lowest BCUT2D eigenvalue weighted by Crippen LogP contribution is -2.21. The van der Waals surface area contributed by atoms with E-state index < -0.39 is 0 Å². The van der Waals surface area contributed by atoms with Crippen LogP contribution in [0.3, 0.4) is 0 Å². The van der Waals surface area contributed by atoms with Crippen LogP contribution in [0.1, 0.15) is 32.0 Å². The van der Waals surface area contributed by atoms with Gasteiger partial charge in [-0.05, 0) is 37.3 Å². The molecule has 3 aromatic rings. The van der Waals surface area contributed by atoms with Crippen LogP contribution in [0.25, 0.3) is 5.69 Å². The second-order valence-electron chi connectivity index (χ2n) is 7.50. The minimum Gasteiger partial charge on any atom is -0.308 e. The fourth-order valence-electron chi connectivity index (χ4n) is 2.56. The van der Waals surface area contributed by atoms with Gasteiger partial charge in [0.15, 0.2) is 0 Å². The molecule has 0 spiro atoms. The highest BCUT2D eigenvalue weighted by Gasteiger charge is 2.21. The SMILES string of the molecule is Cc1ccc(-n2nc(C(C)(C)C)cc2NC(=O)Nc2cccc(Cl)c2)cc1. The van der Waals surface area contributed by atoms with Crippen molar-refractivity contribution in [1.29, 1.82) is 0 Å². The van der Waals surface area contributed by atoms with E-state index in [9.17, 15) is 4.79 Å². The van der Waals surface area contributed by atoms with Gasteiger partial charge in [-0.1, -0.05) is 56.1 Å². The maximum absolute atomic E-state index is 12.5. The number of amides is 2. The Kier molecular flexibility index (Phi) is 5.24. The maximum Gasteiger partial charge on any atom is 0.324 e. The number of halogens is 1. The highest BCUT2D eigenvalue weighted by Crippen LogP contribution is 2.26. The zero-order valence-electron chi connectivity index (χ0n) is 15.9. The quantitative estimate of drug-likeness (QED) is 0.603. The third-order valence-corrected chi connectivity index (χ3v) is 4.32. The monoisotopic (exact) mass is 382 g/mol. The molecule has 5 nitrogen and oxygen atoms in total. The number of anilines is 2. The van der Waals surface area contributed by atoms with Crippen LogP contribution in [0, 0.1) is 6.92 Å². The Hall–Kier alpha value is -2.79. The van der Waals surface area contributed by atoms with E-state index in [2.05, 4.69) is 31.4 Å². The molecule has 0 bridgehead atoms. The standard InChI is InChI=1S/C21H23ClN4O/c1-14-8-10-17(11-9-14)26-19(13-18(25-26)21(2,3)4)24-20(27)23-16-7-5-6-15(22)12-16/h5-13H,1-4H3,(H2,23,24,27). The molecule has 6 heteroatoms. The highest BCUT2D eigenvalue weighted by molar-refractivity contribution is 6.30. The molecule has 2 N–H and O–H groups in total. The third-order valence-electron chi connectivity index (χ3n) is 4.08. The van der Waals surface area contributed by atoms with Crippen LogP contribution in [0.2, 0.25) is 5.02 Å². The maximum atomic E-state index is 12.5. The van der Waals surface area contributed by atoms with Crippen LogP contribution >= 0.6 is 11.6 Å². The Morgan fingerprint density at radius 2 is 1.74 bits per heavy atom. The molecule has 0 aliphatic rings.